The van der Waals surface area contributed by atoms with Crippen LogP contribution in [0.2, 0.25) is 0 Å². The Hall–Kier alpha value is -2.68. The highest BCUT2D eigenvalue weighted by atomic mass is 16.5. The second-order valence-electron chi connectivity index (χ2n) is 11.9. The van der Waals surface area contributed by atoms with E-state index < -0.39 is 0 Å². The molecule has 2 aliphatic rings. The quantitative estimate of drug-likeness (QED) is 0.405. The number of methoxy groups -OCH3 is 1. The largest absolute Gasteiger partial charge is 0.383 e. The Morgan fingerprint density at radius 3 is 2.37 bits per heavy atom. The van der Waals surface area contributed by atoms with Gasteiger partial charge in [0.15, 0.2) is 0 Å². The zero-order valence-electron chi connectivity index (χ0n) is 26.0. The third kappa shape index (κ3) is 7.59. The molecule has 41 heavy (non-hydrogen) atoms. The molecule has 0 bridgehead atoms. The second kappa shape index (κ2) is 14.5. The molecule has 0 spiro atoms. The number of nitrogens with one attached hydrogen (secondary N) is 2. The molecule has 8 nitrogen and oxygen atoms in total. The molecule has 1 aromatic carbocycles. The average Bonchev–Trinajstić information content (AvgIpc) is 2.97. The Bertz CT molecular complexity index is 1230. The molecule has 4 rings (SSSR count). The van der Waals surface area contributed by atoms with Crippen molar-refractivity contribution in [2.75, 3.05) is 52.0 Å². The highest BCUT2D eigenvalue weighted by Gasteiger charge is 2.30. The fourth-order valence-corrected chi connectivity index (χ4v) is 6.74. The number of hydrogen-bond donors (Lipinski definition) is 2. The van der Waals surface area contributed by atoms with Gasteiger partial charge in [-0.2, -0.15) is 0 Å². The molecule has 2 N–H and O–H groups in total. The first-order chi connectivity index (χ1) is 19.7. The molecule has 8 heteroatoms. The van der Waals surface area contributed by atoms with Crippen molar-refractivity contribution >= 4 is 11.6 Å². The summed E-state index contributed by atoms with van der Waals surface area (Å²) < 4.78 is 10.9. The van der Waals surface area contributed by atoms with E-state index in [1.54, 1.807) is 7.11 Å². The lowest BCUT2D eigenvalue weighted by Crippen LogP contribution is -2.44. The van der Waals surface area contributed by atoms with E-state index in [4.69, 9.17) is 9.47 Å². The Balaban J connectivity index is 1.59. The van der Waals surface area contributed by atoms with E-state index in [1.165, 1.54) is 11.3 Å². The van der Waals surface area contributed by atoms with E-state index in [0.29, 0.717) is 29.1 Å². The number of aryl methyl sites for hydroxylation is 2. The number of amides is 1. The Morgan fingerprint density at radius 1 is 1.05 bits per heavy atom. The maximum Gasteiger partial charge on any atom is 0.253 e. The van der Waals surface area contributed by atoms with E-state index >= 15 is 0 Å². The predicted octanol–water partition coefficient (Wildman–Crippen LogP) is 4.84. The van der Waals surface area contributed by atoms with Gasteiger partial charge in [-0.3, -0.25) is 9.59 Å². The minimum Gasteiger partial charge on any atom is -0.383 e. The molecule has 0 unspecified atom stereocenters. The van der Waals surface area contributed by atoms with E-state index in [2.05, 4.69) is 53.1 Å². The van der Waals surface area contributed by atoms with Gasteiger partial charge >= 0.3 is 0 Å². The minimum absolute atomic E-state index is 0.128. The third-order valence-corrected chi connectivity index (χ3v) is 9.29. The number of pyridine rings is 1. The van der Waals surface area contributed by atoms with Crippen LogP contribution in [0, 0.1) is 20.8 Å². The van der Waals surface area contributed by atoms with Crippen molar-refractivity contribution in [3.8, 4) is 0 Å². The number of hydrogen-bond acceptors (Lipinski definition) is 6. The van der Waals surface area contributed by atoms with Gasteiger partial charge in [-0.05, 0) is 114 Å². The summed E-state index contributed by atoms with van der Waals surface area (Å²) in [6.07, 6.45) is 6.52. The highest BCUT2D eigenvalue weighted by Crippen LogP contribution is 2.37. The van der Waals surface area contributed by atoms with Gasteiger partial charge in [-0.25, -0.2) is 0 Å². The number of benzene rings is 1. The smallest absolute Gasteiger partial charge is 0.253 e. The fourth-order valence-electron chi connectivity index (χ4n) is 6.74. The lowest BCUT2D eigenvalue weighted by Gasteiger charge is -2.41. The van der Waals surface area contributed by atoms with E-state index in [-0.39, 0.29) is 18.0 Å². The van der Waals surface area contributed by atoms with Crippen LogP contribution in [0.15, 0.2) is 23.0 Å². The van der Waals surface area contributed by atoms with Crippen LogP contribution in [0.3, 0.4) is 0 Å². The Labute approximate surface area is 245 Å². The summed E-state index contributed by atoms with van der Waals surface area (Å²) in [6, 6.07) is 7.41. The Kier molecular flexibility index (Phi) is 11.0. The van der Waals surface area contributed by atoms with Crippen LogP contribution in [0.1, 0.15) is 89.7 Å². The first-order valence-corrected chi connectivity index (χ1v) is 15.4. The molecule has 1 aromatic heterocycles. The van der Waals surface area contributed by atoms with Crippen LogP contribution in [-0.4, -0.2) is 74.9 Å². The summed E-state index contributed by atoms with van der Waals surface area (Å²) in [5.74, 6) is 0.247. The standard InChI is InChI=1S/C33H50N4O4/c1-7-37(28-10-8-27(9-11-28)36(5)14-17-40-6)31-20-26(25-12-15-41-16-13-25)19-29(24(31)4)32(38)34-21-30-22(2)18-23(3)35-33(30)39/h18-20,25,27-28H,7-17,21H2,1-6H3,(H,34,38)(H,35,39)/t27-,28-. The second-order valence-corrected chi connectivity index (χ2v) is 11.9. The molecule has 1 aliphatic carbocycles. The van der Waals surface area contributed by atoms with Crippen molar-refractivity contribution < 1.29 is 14.3 Å². The van der Waals surface area contributed by atoms with Gasteiger partial charge in [0.05, 0.1) is 6.61 Å². The summed E-state index contributed by atoms with van der Waals surface area (Å²) in [5.41, 5.74) is 6.27. The molecule has 1 aliphatic heterocycles. The van der Waals surface area contributed by atoms with Gasteiger partial charge in [0, 0.05) is 74.5 Å². The van der Waals surface area contributed by atoms with Crippen molar-refractivity contribution in [3.05, 3.63) is 62.1 Å². The number of carbonyl (C=O) groups excluding carboxylic acids is 1. The van der Waals surface area contributed by atoms with Crippen LogP contribution in [0.5, 0.6) is 0 Å². The van der Waals surface area contributed by atoms with Gasteiger partial charge in [0.25, 0.3) is 11.5 Å². The van der Waals surface area contributed by atoms with Crippen molar-refractivity contribution in [3.63, 3.8) is 0 Å². The van der Waals surface area contributed by atoms with Crippen LogP contribution in [0.25, 0.3) is 0 Å². The lowest BCUT2D eigenvalue weighted by molar-refractivity contribution is 0.0853. The number of aromatic nitrogens is 1. The molecule has 2 aromatic rings. The van der Waals surface area contributed by atoms with Crippen LogP contribution in [-0.2, 0) is 16.0 Å². The summed E-state index contributed by atoms with van der Waals surface area (Å²) in [4.78, 5) is 34.1. The summed E-state index contributed by atoms with van der Waals surface area (Å²) in [5, 5.41) is 3.07. The molecule has 0 radical (unpaired) electrons. The zero-order chi connectivity index (χ0) is 29.5. The van der Waals surface area contributed by atoms with Crippen LogP contribution in [0.4, 0.5) is 5.69 Å². The average molecular weight is 567 g/mol. The van der Waals surface area contributed by atoms with Gasteiger partial charge in [0.2, 0.25) is 0 Å². The lowest BCUT2D eigenvalue weighted by atomic mass is 9.86. The van der Waals surface area contributed by atoms with Crippen LogP contribution >= 0.6 is 0 Å². The molecular formula is C33H50N4O4. The summed E-state index contributed by atoms with van der Waals surface area (Å²) in [6.45, 7) is 12.4. The maximum atomic E-state index is 13.7. The van der Waals surface area contributed by atoms with Crippen molar-refractivity contribution in [2.45, 2.75) is 90.8 Å². The van der Waals surface area contributed by atoms with Gasteiger partial charge in [0.1, 0.15) is 0 Å². The van der Waals surface area contributed by atoms with E-state index in [1.807, 2.05) is 19.9 Å². The molecule has 0 atom stereocenters. The van der Waals surface area contributed by atoms with E-state index in [9.17, 15) is 9.59 Å². The minimum atomic E-state index is -0.142. The number of likely N-dealkylation sites (N-methyl/N-ethyl adjacent to an activating group) is 1. The maximum absolute atomic E-state index is 13.7. The monoisotopic (exact) mass is 566 g/mol. The first kappa shape index (κ1) is 31.3. The van der Waals surface area contributed by atoms with Gasteiger partial charge in [-0.15, -0.1) is 0 Å². The number of aromatic amines is 1. The number of rotatable bonds is 11. The number of anilines is 1. The number of ether oxygens (including phenoxy) is 2. The first-order valence-electron chi connectivity index (χ1n) is 15.4. The fraction of sp³-hybridized carbons (Fsp3) is 0.636. The normalized spacial score (nSPS) is 19.9. The van der Waals surface area contributed by atoms with E-state index in [0.717, 1.165) is 88.3 Å². The summed E-state index contributed by atoms with van der Waals surface area (Å²) >= 11 is 0. The molecular weight excluding hydrogens is 516 g/mol. The Morgan fingerprint density at radius 2 is 1.73 bits per heavy atom. The molecule has 226 valence electrons. The summed E-state index contributed by atoms with van der Waals surface area (Å²) in [7, 11) is 3.97. The third-order valence-electron chi connectivity index (χ3n) is 9.29. The molecule has 1 saturated heterocycles. The predicted molar refractivity (Wildman–Crippen MR) is 165 cm³/mol. The van der Waals surface area contributed by atoms with Crippen LogP contribution < -0.4 is 15.8 Å². The van der Waals surface area contributed by atoms with Crippen molar-refractivity contribution in [1.29, 1.82) is 0 Å². The SMILES string of the molecule is CCN(c1cc(C2CCOCC2)cc(C(=O)NCc2c(C)cc(C)[nH]c2=O)c1C)[C@H]1CC[C@H](N(C)CCOC)CC1. The highest BCUT2D eigenvalue weighted by molar-refractivity contribution is 5.97. The molecule has 2 heterocycles. The molecule has 1 amide bonds. The van der Waals surface area contributed by atoms with Gasteiger partial charge in [-0.1, -0.05) is 0 Å². The zero-order valence-corrected chi connectivity index (χ0v) is 26.0. The van der Waals surface area contributed by atoms with Crippen molar-refractivity contribution in [1.82, 2.24) is 15.2 Å². The number of carbonyl (C=O) groups is 1. The topological polar surface area (TPSA) is 86.9 Å². The number of nitrogens with zero attached hydrogens (tertiary/aromatic N) is 2. The number of H-pyrrole nitrogens is 1. The van der Waals surface area contributed by atoms with Gasteiger partial charge < -0.3 is 29.6 Å². The molecule has 2 fully saturated rings. The molecule has 1 saturated carbocycles. The van der Waals surface area contributed by atoms with Crippen molar-refractivity contribution in [2.24, 2.45) is 0 Å².